The number of methoxy groups -OCH3 is 1. The predicted octanol–water partition coefficient (Wildman–Crippen LogP) is 2.56. The minimum Gasteiger partial charge on any atom is -0.497 e. The summed E-state index contributed by atoms with van der Waals surface area (Å²) in [5, 5.41) is 9.09. The third kappa shape index (κ3) is 4.12. The number of unbranched alkanes of at least 4 members (excludes halogenated alkanes) is 1. The molecule has 8 nitrogen and oxygen atoms in total. The molecule has 1 unspecified atom stereocenters. The van der Waals surface area contributed by atoms with Gasteiger partial charge in [0.2, 0.25) is 5.91 Å². The summed E-state index contributed by atoms with van der Waals surface area (Å²) in [6, 6.07) is 6.55. The highest BCUT2D eigenvalue weighted by molar-refractivity contribution is 8.02. The monoisotopic (exact) mass is 512 g/mol. The second-order valence-corrected chi connectivity index (χ2v) is 11.1. The molecule has 5 rings (SSSR count). The summed E-state index contributed by atoms with van der Waals surface area (Å²) in [6.07, 6.45) is 10.7. The van der Waals surface area contributed by atoms with Gasteiger partial charge in [-0.25, -0.2) is 0 Å². The third-order valence-corrected chi connectivity index (χ3v) is 9.29. The maximum atomic E-state index is 14.2. The molecule has 4 aliphatic heterocycles. The molecule has 1 N–H and O–H groups in total. The number of rotatable bonds is 6. The number of cyclic esters (lactones) is 1. The van der Waals surface area contributed by atoms with Crippen molar-refractivity contribution in [1.29, 1.82) is 0 Å². The minimum atomic E-state index is -0.869. The topological polar surface area (TPSA) is 96.4 Å². The maximum Gasteiger partial charge on any atom is 0.311 e. The van der Waals surface area contributed by atoms with E-state index in [0.717, 1.165) is 18.5 Å². The Morgan fingerprint density at radius 1 is 1.14 bits per heavy atom. The number of esters is 1. The van der Waals surface area contributed by atoms with Crippen molar-refractivity contribution < 1.29 is 29.0 Å². The summed E-state index contributed by atoms with van der Waals surface area (Å²) < 4.78 is 9.99. The lowest BCUT2D eigenvalue weighted by molar-refractivity contribution is -0.153. The molecule has 0 aromatic heterocycles. The van der Waals surface area contributed by atoms with E-state index in [9.17, 15) is 19.5 Å². The minimum absolute atomic E-state index is 0.0175. The molecule has 0 aliphatic carbocycles. The Balaban J connectivity index is 1.57. The molecule has 0 bridgehead atoms. The van der Waals surface area contributed by atoms with Crippen molar-refractivity contribution in [1.82, 2.24) is 4.90 Å². The quantitative estimate of drug-likeness (QED) is 0.356. The van der Waals surface area contributed by atoms with Crippen molar-refractivity contribution in [2.45, 2.75) is 41.7 Å². The van der Waals surface area contributed by atoms with Gasteiger partial charge in [0.05, 0.1) is 30.3 Å². The van der Waals surface area contributed by atoms with E-state index < -0.39 is 22.6 Å². The zero-order chi connectivity index (χ0) is 25.3. The van der Waals surface area contributed by atoms with E-state index in [4.69, 9.17) is 9.47 Å². The van der Waals surface area contributed by atoms with Gasteiger partial charge in [0.15, 0.2) is 0 Å². The van der Waals surface area contributed by atoms with E-state index in [2.05, 4.69) is 6.08 Å². The second-order valence-electron chi connectivity index (χ2n) is 9.59. The van der Waals surface area contributed by atoms with E-state index in [-0.39, 0.29) is 29.6 Å². The number of anilines is 1. The first kappa shape index (κ1) is 24.9. The number of amides is 2. The fourth-order valence-electron chi connectivity index (χ4n) is 5.88. The highest BCUT2D eigenvalue weighted by Crippen LogP contribution is 2.60. The Labute approximate surface area is 215 Å². The molecule has 2 amide bonds. The van der Waals surface area contributed by atoms with Crippen molar-refractivity contribution in [3.63, 3.8) is 0 Å². The SMILES string of the molecule is COc1ccc(N2CC=C[C@]34S[C@H]5/C=C\CCCOC(=O)[C@H]5[C@H]3C(=O)N(CCCCO)C4C2=O)cc1. The lowest BCUT2D eigenvalue weighted by Crippen LogP contribution is -2.53. The van der Waals surface area contributed by atoms with Gasteiger partial charge in [0.1, 0.15) is 11.8 Å². The summed E-state index contributed by atoms with van der Waals surface area (Å²) in [7, 11) is 1.59. The molecule has 1 aromatic rings. The number of hydrogen-bond acceptors (Lipinski definition) is 7. The van der Waals surface area contributed by atoms with Gasteiger partial charge >= 0.3 is 5.97 Å². The Morgan fingerprint density at radius 3 is 2.69 bits per heavy atom. The lowest BCUT2D eigenvalue weighted by atomic mass is 9.78. The number of aliphatic hydroxyl groups is 1. The number of hydrogen-bond donors (Lipinski definition) is 1. The fraction of sp³-hybridized carbons (Fsp3) is 0.519. The number of allylic oxidation sites excluding steroid dienone is 1. The number of aliphatic hydroxyl groups excluding tert-OH is 1. The molecule has 0 saturated carbocycles. The van der Waals surface area contributed by atoms with Crippen LogP contribution < -0.4 is 9.64 Å². The van der Waals surface area contributed by atoms with Gasteiger partial charge in [0, 0.05) is 30.6 Å². The van der Waals surface area contributed by atoms with Gasteiger partial charge in [-0.05, 0) is 49.9 Å². The molecule has 5 atom stereocenters. The molecule has 9 heteroatoms. The zero-order valence-electron chi connectivity index (χ0n) is 20.4. The number of ether oxygens (including phenoxy) is 2. The predicted molar refractivity (Wildman–Crippen MR) is 137 cm³/mol. The van der Waals surface area contributed by atoms with E-state index in [1.165, 1.54) is 0 Å². The number of likely N-dealkylation sites (tertiary alicyclic amines) is 1. The van der Waals surface area contributed by atoms with Crippen LogP contribution >= 0.6 is 11.8 Å². The Bertz CT molecular complexity index is 1070. The molecule has 4 aliphatic rings. The van der Waals surface area contributed by atoms with Crippen molar-refractivity contribution in [2.24, 2.45) is 11.8 Å². The number of nitrogens with zero attached hydrogens (tertiary/aromatic N) is 2. The molecule has 192 valence electrons. The van der Waals surface area contributed by atoms with Crippen LogP contribution in [-0.2, 0) is 19.1 Å². The van der Waals surface area contributed by atoms with Gasteiger partial charge in [-0.1, -0.05) is 24.3 Å². The first-order chi connectivity index (χ1) is 17.5. The number of carbonyl (C=O) groups is 3. The zero-order valence-corrected chi connectivity index (χ0v) is 21.2. The molecule has 1 spiro atoms. The Morgan fingerprint density at radius 2 is 1.94 bits per heavy atom. The summed E-state index contributed by atoms with van der Waals surface area (Å²) in [6.45, 7) is 1.06. The van der Waals surface area contributed by atoms with Crippen LogP contribution in [0.25, 0.3) is 0 Å². The van der Waals surface area contributed by atoms with Crippen LogP contribution in [0.2, 0.25) is 0 Å². The molecule has 1 aromatic carbocycles. The van der Waals surface area contributed by atoms with Gasteiger partial charge < -0.3 is 24.4 Å². The van der Waals surface area contributed by atoms with E-state index in [0.29, 0.717) is 38.3 Å². The highest BCUT2D eigenvalue weighted by Gasteiger charge is 2.70. The molecule has 4 heterocycles. The maximum absolute atomic E-state index is 14.2. The van der Waals surface area contributed by atoms with E-state index >= 15 is 0 Å². The normalized spacial score (nSPS) is 32.6. The lowest BCUT2D eigenvalue weighted by Gasteiger charge is -2.35. The van der Waals surface area contributed by atoms with Gasteiger partial charge in [0.25, 0.3) is 5.91 Å². The van der Waals surface area contributed by atoms with Gasteiger partial charge in [-0.3, -0.25) is 14.4 Å². The number of carbonyl (C=O) groups excluding carboxylic acids is 3. The molecular formula is C27H32N2O6S. The fourth-order valence-corrected chi connectivity index (χ4v) is 7.88. The van der Waals surface area contributed by atoms with Crippen molar-refractivity contribution in [2.75, 3.05) is 38.3 Å². The van der Waals surface area contributed by atoms with Gasteiger partial charge in [-0.2, -0.15) is 0 Å². The van der Waals surface area contributed by atoms with Crippen molar-refractivity contribution in [3.05, 3.63) is 48.6 Å². The molecular weight excluding hydrogens is 480 g/mol. The van der Waals surface area contributed by atoms with E-state index in [1.54, 1.807) is 28.7 Å². The van der Waals surface area contributed by atoms with Crippen LogP contribution in [0.3, 0.4) is 0 Å². The first-order valence-electron chi connectivity index (χ1n) is 12.6. The van der Waals surface area contributed by atoms with Crippen LogP contribution in [0.15, 0.2) is 48.6 Å². The van der Waals surface area contributed by atoms with Gasteiger partial charge in [-0.15, -0.1) is 11.8 Å². The number of benzene rings is 1. The molecule has 36 heavy (non-hydrogen) atoms. The van der Waals surface area contributed by atoms with Crippen LogP contribution in [0, 0.1) is 11.8 Å². The second kappa shape index (κ2) is 10.3. The number of thioether (sulfide) groups is 1. The van der Waals surface area contributed by atoms with Crippen molar-refractivity contribution in [3.8, 4) is 5.75 Å². The Kier molecular flexibility index (Phi) is 7.12. The largest absolute Gasteiger partial charge is 0.497 e. The first-order valence-corrected chi connectivity index (χ1v) is 13.5. The smallest absolute Gasteiger partial charge is 0.311 e. The summed E-state index contributed by atoms with van der Waals surface area (Å²) in [4.78, 5) is 44.8. The molecule has 2 saturated heterocycles. The summed E-state index contributed by atoms with van der Waals surface area (Å²) >= 11 is 1.55. The molecule has 0 radical (unpaired) electrons. The van der Waals surface area contributed by atoms with Crippen LogP contribution in [0.5, 0.6) is 5.75 Å². The average Bonchev–Trinajstić information content (AvgIpc) is 3.29. The summed E-state index contributed by atoms with van der Waals surface area (Å²) in [5.74, 6) is -1.34. The van der Waals surface area contributed by atoms with Crippen LogP contribution in [0.1, 0.15) is 25.7 Å². The van der Waals surface area contributed by atoms with Crippen LogP contribution in [0.4, 0.5) is 5.69 Å². The van der Waals surface area contributed by atoms with Crippen LogP contribution in [-0.4, -0.2) is 77.2 Å². The summed E-state index contributed by atoms with van der Waals surface area (Å²) in [5.41, 5.74) is 0.721. The Hall–Kier alpha value is -2.78. The third-order valence-electron chi connectivity index (χ3n) is 7.54. The standard InChI is InChI=1S/C27H32N2O6S/c1-34-19-11-9-18(10-12-19)28-15-7-13-27-22(21-20(36-27)8-3-2-6-17-35-26(21)33)24(31)29(14-4-5-16-30)23(27)25(28)32/h3,7-13,20-23,30H,2,4-6,14-17H2,1H3/b8-3-/t20-,21+,22-,23?,27-/m0/s1. The van der Waals surface area contributed by atoms with E-state index in [1.807, 2.05) is 42.5 Å². The average molecular weight is 513 g/mol. The number of fused-ring (bicyclic) bond motifs is 2. The highest BCUT2D eigenvalue weighted by atomic mass is 32.2. The van der Waals surface area contributed by atoms with Crippen molar-refractivity contribution >= 4 is 35.2 Å². The molecule has 2 fully saturated rings.